The fraction of sp³-hybridized carbons (Fsp3) is 0.455. The Morgan fingerprint density at radius 3 is 2.80 bits per heavy atom. The lowest BCUT2D eigenvalue weighted by atomic mass is 9.86. The maximum Gasteiger partial charge on any atom is 0.250 e. The molecule has 1 amide bonds. The maximum atomic E-state index is 11.9. The van der Waals surface area contributed by atoms with Crippen molar-refractivity contribution in [3.05, 3.63) is 24.3 Å². The number of ketones is 1. The average molecular weight is 207 g/mol. The lowest BCUT2D eigenvalue weighted by Crippen LogP contribution is -2.49. The fourth-order valence-corrected chi connectivity index (χ4v) is 2.21. The molecule has 0 N–H and O–H groups in total. The van der Waals surface area contributed by atoms with Crippen molar-refractivity contribution in [1.29, 1.82) is 0 Å². The Balaban J connectivity index is 2.43. The highest BCUT2D eigenvalue weighted by Gasteiger charge is 2.53. The van der Waals surface area contributed by atoms with Crippen molar-refractivity contribution < 1.29 is 14.4 Å². The Kier molecular flexibility index (Phi) is 2.23. The third-order valence-corrected chi connectivity index (χ3v) is 2.94. The molecule has 4 nitrogen and oxygen atoms in total. The molecule has 4 heteroatoms. The van der Waals surface area contributed by atoms with Gasteiger partial charge in [-0.1, -0.05) is 19.1 Å². The molecular weight excluding hydrogens is 194 g/mol. The molecule has 15 heavy (non-hydrogen) atoms. The summed E-state index contributed by atoms with van der Waals surface area (Å²) in [5.41, 5.74) is -0.903. The van der Waals surface area contributed by atoms with Crippen LogP contribution >= 0.6 is 0 Å². The van der Waals surface area contributed by atoms with Gasteiger partial charge in [-0.05, 0) is 18.6 Å². The van der Waals surface area contributed by atoms with Gasteiger partial charge < -0.3 is 0 Å². The second-order valence-electron chi connectivity index (χ2n) is 3.93. The van der Waals surface area contributed by atoms with Crippen molar-refractivity contribution in [1.82, 2.24) is 5.06 Å². The molecule has 1 aliphatic carbocycles. The van der Waals surface area contributed by atoms with E-state index in [1.165, 1.54) is 18.2 Å². The van der Waals surface area contributed by atoms with E-state index < -0.39 is 5.54 Å². The number of carbonyl (C=O) groups is 2. The molecular formula is C11H13NO3. The topological polar surface area (TPSA) is 46.6 Å². The fourth-order valence-electron chi connectivity index (χ4n) is 2.21. The van der Waals surface area contributed by atoms with Crippen LogP contribution in [0.5, 0.6) is 0 Å². The Morgan fingerprint density at radius 1 is 1.47 bits per heavy atom. The van der Waals surface area contributed by atoms with E-state index >= 15 is 0 Å². The Bertz CT molecular complexity index is 372. The van der Waals surface area contributed by atoms with E-state index in [1.807, 2.05) is 6.92 Å². The van der Waals surface area contributed by atoms with Crippen molar-refractivity contribution in [2.75, 3.05) is 7.11 Å². The van der Waals surface area contributed by atoms with Crippen LogP contribution in [0.1, 0.15) is 13.3 Å². The molecule has 2 atom stereocenters. The second-order valence-corrected chi connectivity index (χ2v) is 3.93. The van der Waals surface area contributed by atoms with E-state index in [-0.39, 0.29) is 17.6 Å². The minimum absolute atomic E-state index is 0.0930. The number of amides is 1. The number of hydrogen-bond donors (Lipinski definition) is 0. The summed E-state index contributed by atoms with van der Waals surface area (Å²) in [6.45, 7) is 1.81. The summed E-state index contributed by atoms with van der Waals surface area (Å²) in [7, 11) is 1.41. The van der Waals surface area contributed by atoms with E-state index in [9.17, 15) is 9.59 Å². The summed E-state index contributed by atoms with van der Waals surface area (Å²) < 4.78 is 0. The van der Waals surface area contributed by atoms with Gasteiger partial charge in [0, 0.05) is 5.92 Å². The minimum atomic E-state index is -0.903. The van der Waals surface area contributed by atoms with E-state index in [2.05, 4.69) is 0 Å². The molecule has 1 saturated heterocycles. The van der Waals surface area contributed by atoms with Crippen LogP contribution in [-0.2, 0) is 14.4 Å². The molecule has 2 aliphatic rings. The Hall–Kier alpha value is -1.42. The normalized spacial score (nSPS) is 34.5. The number of hydrogen-bond acceptors (Lipinski definition) is 3. The van der Waals surface area contributed by atoms with E-state index in [1.54, 1.807) is 18.2 Å². The van der Waals surface area contributed by atoms with Gasteiger partial charge in [0.2, 0.25) is 5.91 Å². The first-order valence-corrected chi connectivity index (χ1v) is 4.90. The first-order chi connectivity index (χ1) is 7.12. The predicted molar refractivity (Wildman–Crippen MR) is 53.7 cm³/mol. The Labute approximate surface area is 88.1 Å². The van der Waals surface area contributed by atoms with Gasteiger partial charge in [0.05, 0.1) is 7.11 Å². The smallest absolute Gasteiger partial charge is 0.250 e. The predicted octanol–water partition coefficient (Wildman–Crippen LogP) is 0.850. The summed E-state index contributed by atoms with van der Waals surface area (Å²) in [5, 5.41) is 1.19. The number of nitrogens with zero attached hydrogens (tertiary/aromatic N) is 1. The molecule has 80 valence electrons. The number of carbonyl (C=O) groups excluding carboxylic acids is 2. The standard InChI is InChI=1S/C11H13NO3/c1-8-7-11(12(15-2)10(8)14)6-4-3-5-9(11)13/h3-6,8H,7H2,1-2H3/t8-,11+/m0/s1. The first kappa shape index (κ1) is 10.1. The van der Waals surface area contributed by atoms with Gasteiger partial charge in [0.1, 0.15) is 0 Å². The van der Waals surface area contributed by atoms with Crippen LogP contribution < -0.4 is 0 Å². The molecule has 0 radical (unpaired) electrons. The molecule has 0 aromatic heterocycles. The maximum absolute atomic E-state index is 11.9. The monoisotopic (exact) mass is 207 g/mol. The highest BCUT2D eigenvalue weighted by atomic mass is 16.7. The van der Waals surface area contributed by atoms with Gasteiger partial charge in [0.25, 0.3) is 0 Å². The summed E-state index contributed by atoms with van der Waals surface area (Å²) in [6, 6.07) is 0. The van der Waals surface area contributed by atoms with Crippen molar-refractivity contribution >= 4 is 11.7 Å². The molecule has 0 saturated carbocycles. The van der Waals surface area contributed by atoms with E-state index in [4.69, 9.17) is 4.84 Å². The van der Waals surface area contributed by atoms with E-state index in [0.29, 0.717) is 6.42 Å². The zero-order chi connectivity index (χ0) is 11.1. The second kappa shape index (κ2) is 3.31. The molecule has 0 bridgehead atoms. The number of hydroxylamine groups is 2. The lowest BCUT2D eigenvalue weighted by molar-refractivity contribution is -0.190. The van der Waals surface area contributed by atoms with Gasteiger partial charge >= 0.3 is 0 Å². The first-order valence-electron chi connectivity index (χ1n) is 4.90. The summed E-state index contributed by atoms with van der Waals surface area (Å²) in [6.07, 6.45) is 7.16. The highest BCUT2D eigenvalue weighted by Crippen LogP contribution is 2.37. The van der Waals surface area contributed by atoms with Crippen molar-refractivity contribution in [2.45, 2.75) is 18.9 Å². The quantitative estimate of drug-likeness (QED) is 0.640. The van der Waals surface area contributed by atoms with Crippen LogP contribution in [0.25, 0.3) is 0 Å². The number of allylic oxidation sites excluding steroid dienone is 2. The molecule has 1 fully saturated rings. The van der Waals surface area contributed by atoms with Gasteiger partial charge in [-0.25, -0.2) is 5.06 Å². The summed E-state index contributed by atoms with van der Waals surface area (Å²) in [5.74, 6) is -0.402. The van der Waals surface area contributed by atoms with Gasteiger partial charge in [-0.2, -0.15) is 0 Å². The van der Waals surface area contributed by atoms with Gasteiger partial charge in [-0.3, -0.25) is 14.4 Å². The van der Waals surface area contributed by atoms with Gasteiger partial charge in [0.15, 0.2) is 11.3 Å². The molecule has 2 rings (SSSR count). The summed E-state index contributed by atoms with van der Waals surface area (Å²) >= 11 is 0. The third-order valence-electron chi connectivity index (χ3n) is 2.94. The van der Waals surface area contributed by atoms with Gasteiger partial charge in [-0.15, -0.1) is 0 Å². The molecule has 0 aromatic carbocycles. The minimum Gasteiger partial charge on any atom is -0.292 e. The van der Waals surface area contributed by atoms with Crippen LogP contribution in [0.15, 0.2) is 24.3 Å². The van der Waals surface area contributed by atoms with Crippen molar-refractivity contribution in [3.8, 4) is 0 Å². The Morgan fingerprint density at radius 2 is 2.20 bits per heavy atom. The zero-order valence-electron chi connectivity index (χ0n) is 8.77. The third kappa shape index (κ3) is 1.25. The van der Waals surface area contributed by atoms with Crippen molar-refractivity contribution in [2.24, 2.45) is 5.92 Å². The molecule has 0 aromatic rings. The number of rotatable bonds is 1. The van der Waals surface area contributed by atoms with Crippen LogP contribution in [-0.4, -0.2) is 29.4 Å². The largest absolute Gasteiger partial charge is 0.292 e. The van der Waals surface area contributed by atoms with E-state index in [0.717, 1.165) is 0 Å². The zero-order valence-corrected chi connectivity index (χ0v) is 8.77. The molecule has 1 aliphatic heterocycles. The molecule has 1 spiro atoms. The summed E-state index contributed by atoms with van der Waals surface area (Å²) in [4.78, 5) is 28.6. The van der Waals surface area contributed by atoms with Crippen LogP contribution in [0.2, 0.25) is 0 Å². The van der Waals surface area contributed by atoms with Crippen LogP contribution in [0.4, 0.5) is 0 Å². The molecule has 0 unspecified atom stereocenters. The van der Waals surface area contributed by atoms with Crippen LogP contribution in [0, 0.1) is 5.92 Å². The molecule has 1 heterocycles. The van der Waals surface area contributed by atoms with Crippen molar-refractivity contribution in [3.63, 3.8) is 0 Å². The average Bonchev–Trinajstić information content (AvgIpc) is 2.45. The lowest BCUT2D eigenvalue weighted by Gasteiger charge is -2.32. The SMILES string of the molecule is CON1C(=O)[C@@H](C)C[C@@]12C=CC=CC2=O. The highest BCUT2D eigenvalue weighted by molar-refractivity contribution is 6.05. The van der Waals surface area contributed by atoms with Crippen LogP contribution in [0.3, 0.4) is 0 Å².